The predicted molar refractivity (Wildman–Crippen MR) is 100 cm³/mol. The smallest absolute Gasteiger partial charge is 0.237 e. The summed E-state index contributed by atoms with van der Waals surface area (Å²) in [6.07, 6.45) is 4.75. The van der Waals surface area contributed by atoms with E-state index in [2.05, 4.69) is 35.2 Å². The summed E-state index contributed by atoms with van der Waals surface area (Å²) in [6.45, 7) is 6.21. The van der Waals surface area contributed by atoms with E-state index in [-0.39, 0.29) is 11.2 Å². The van der Waals surface area contributed by atoms with Crippen molar-refractivity contribution in [1.29, 1.82) is 5.26 Å². The lowest BCUT2D eigenvalue weighted by Crippen LogP contribution is -2.24. The Labute approximate surface area is 152 Å². The summed E-state index contributed by atoms with van der Waals surface area (Å²) >= 11 is 1.35. The van der Waals surface area contributed by atoms with Crippen LogP contribution < -0.4 is 5.32 Å². The molecular weight excluding hydrogens is 332 g/mol. The zero-order valence-corrected chi connectivity index (χ0v) is 15.5. The van der Waals surface area contributed by atoms with Gasteiger partial charge in [0.25, 0.3) is 0 Å². The molecule has 0 aliphatic rings. The largest absolute Gasteiger partial charge is 0.325 e. The summed E-state index contributed by atoms with van der Waals surface area (Å²) in [5.41, 5.74) is 2.16. The summed E-state index contributed by atoms with van der Waals surface area (Å²) in [5, 5.41) is 12.5. The SMILES string of the molecule is CCC(Sc1nc(CC(C)C)ccc1C#N)C(=O)Nc1ccncc1. The number of nitriles is 1. The van der Waals surface area contributed by atoms with Crippen LogP contribution in [0.4, 0.5) is 5.69 Å². The molecule has 1 atom stereocenters. The first-order valence-electron chi connectivity index (χ1n) is 8.31. The second-order valence-corrected chi connectivity index (χ2v) is 7.30. The van der Waals surface area contributed by atoms with Crippen LogP contribution in [0.25, 0.3) is 0 Å². The fourth-order valence-electron chi connectivity index (χ4n) is 2.30. The molecule has 1 N–H and O–H groups in total. The van der Waals surface area contributed by atoms with E-state index in [0.29, 0.717) is 28.6 Å². The van der Waals surface area contributed by atoms with Crippen molar-refractivity contribution in [2.75, 3.05) is 5.32 Å². The van der Waals surface area contributed by atoms with Gasteiger partial charge < -0.3 is 5.32 Å². The Hall–Kier alpha value is -2.39. The van der Waals surface area contributed by atoms with Crippen LogP contribution in [-0.2, 0) is 11.2 Å². The fraction of sp³-hybridized carbons (Fsp3) is 0.368. The second kappa shape index (κ2) is 9.19. The van der Waals surface area contributed by atoms with Crippen molar-refractivity contribution in [1.82, 2.24) is 9.97 Å². The third-order valence-corrected chi connectivity index (χ3v) is 4.89. The molecular formula is C19H22N4OS. The van der Waals surface area contributed by atoms with Gasteiger partial charge in [-0.2, -0.15) is 5.26 Å². The molecule has 2 aromatic heterocycles. The molecule has 2 aromatic rings. The van der Waals surface area contributed by atoms with Crippen molar-refractivity contribution >= 4 is 23.4 Å². The number of carbonyl (C=O) groups is 1. The van der Waals surface area contributed by atoms with E-state index in [0.717, 1.165) is 12.1 Å². The number of thioether (sulfide) groups is 1. The van der Waals surface area contributed by atoms with Crippen molar-refractivity contribution in [3.8, 4) is 6.07 Å². The van der Waals surface area contributed by atoms with Crippen molar-refractivity contribution < 1.29 is 4.79 Å². The number of pyridine rings is 2. The number of nitrogens with one attached hydrogen (secondary N) is 1. The molecule has 2 heterocycles. The highest BCUT2D eigenvalue weighted by atomic mass is 32.2. The van der Waals surface area contributed by atoms with Gasteiger partial charge in [0.15, 0.2) is 0 Å². The molecule has 0 spiro atoms. The highest BCUT2D eigenvalue weighted by Gasteiger charge is 2.21. The second-order valence-electron chi connectivity index (χ2n) is 6.10. The van der Waals surface area contributed by atoms with E-state index in [1.54, 1.807) is 30.6 Å². The summed E-state index contributed by atoms with van der Waals surface area (Å²) in [7, 11) is 0. The number of aromatic nitrogens is 2. The molecule has 0 bridgehead atoms. The molecule has 0 aromatic carbocycles. The topological polar surface area (TPSA) is 78.7 Å². The number of hydrogen-bond acceptors (Lipinski definition) is 5. The van der Waals surface area contributed by atoms with Gasteiger partial charge in [-0.1, -0.05) is 32.5 Å². The summed E-state index contributed by atoms with van der Waals surface area (Å²) in [6, 6.07) is 9.35. The first-order chi connectivity index (χ1) is 12.0. The monoisotopic (exact) mass is 354 g/mol. The summed E-state index contributed by atoms with van der Waals surface area (Å²) in [5.74, 6) is 0.383. The Morgan fingerprint density at radius 3 is 2.60 bits per heavy atom. The average molecular weight is 354 g/mol. The van der Waals surface area contributed by atoms with Gasteiger partial charge in [0, 0.05) is 23.8 Å². The van der Waals surface area contributed by atoms with Crippen molar-refractivity contribution in [3.63, 3.8) is 0 Å². The minimum Gasteiger partial charge on any atom is -0.325 e. The van der Waals surface area contributed by atoms with Gasteiger partial charge in [-0.25, -0.2) is 4.98 Å². The van der Waals surface area contributed by atoms with E-state index in [1.165, 1.54) is 11.8 Å². The van der Waals surface area contributed by atoms with E-state index in [9.17, 15) is 10.1 Å². The minimum atomic E-state index is -0.318. The van der Waals surface area contributed by atoms with Gasteiger partial charge in [-0.15, -0.1) is 0 Å². The lowest BCUT2D eigenvalue weighted by Gasteiger charge is -2.15. The number of hydrogen-bond donors (Lipinski definition) is 1. The lowest BCUT2D eigenvalue weighted by molar-refractivity contribution is -0.115. The van der Waals surface area contributed by atoms with Gasteiger partial charge >= 0.3 is 0 Å². The van der Waals surface area contributed by atoms with Gasteiger partial charge in [-0.3, -0.25) is 9.78 Å². The van der Waals surface area contributed by atoms with Crippen LogP contribution in [0.15, 0.2) is 41.7 Å². The molecule has 0 fully saturated rings. The Morgan fingerprint density at radius 2 is 2.00 bits per heavy atom. The third-order valence-electron chi connectivity index (χ3n) is 3.52. The van der Waals surface area contributed by atoms with Gasteiger partial charge in [0.05, 0.1) is 10.8 Å². The highest BCUT2D eigenvalue weighted by Crippen LogP contribution is 2.28. The molecule has 5 nitrogen and oxygen atoms in total. The standard InChI is InChI=1S/C19H22N4OS/c1-4-17(18(24)22-15-7-9-21-10-8-15)25-19-14(12-20)5-6-16(23-19)11-13(2)3/h5-10,13,17H,4,11H2,1-3H3,(H,21,22,24). The van der Waals surface area contributed by atoms with Gasteiger partial charge in [0.2, 0.25) is 5.91 Å². The molecule has 0 saturated carbocycles. The first-order valence-corrected chi connectivity index (χ1v) is 9.19. The predicted octanol–water partition coefficient (Wildman–Crippen LogP) is 4.06. The maximum absolute atomic E-state index is 12.5. The Bertz CT molecular complexity index is 756. The Morgan fingerprint density at radius 1 is 1.28 bits per heavy atom. The average Bonchev–Trinajstić information content (AvgIpc) is 2.60. The van der Waals surface area contributed by atoms with Crippen molar-refractivity contribution in [3.05, 3.63) is 47.9 Å². The molecule has 6 heteroatoms. The van der Waals surface area contributed by atoms with Gasteiger partial charge in [-0.05, 0) is 43.0 Å². The molecule has 0 aliphatic carbocycles. The van der Waals surface area contributed by atoms with E-state index in [1.807, 2.05) is 13.0 Å². The maximum Gasteiger partial charge on any atom is 0.237 e. The number of nitrogens with zero attached hydrogens (tertiary/aromatic N) is 3. The van der Waals surface area contributed by atoms with Crippen LogP contribution in [0.5, 0.6) is 0 Å². The molecule has 1 unspecified atom stereocenters. The van der Waals surface area contributed by atoms with E-state index in [4.69, 9.17) is 0 Å². The zero-order valence-electron chi connectivity index (χ0n) is 14.7. The maximum atomic E-state index is 12.5. The number of amides is 1. The van der Waals surface area contributed by atoms with Crippen LogP contribution >= 0.6 is 11.8 Å². The quantitative estimate of drug-likeness (QED) is 0.759. The lowest BCUT2D eigenvalue weighted by atomic mass is 10.1. The van der Waals surface area contributed by atoms with Crippen molar-refractivity contribution in [2.45, 2.75) is 43.9 Å². The van der Waals surface area contributed by atoms with Crippen LogP contribution in [-0.4, -0.2) is 21.1 Å². The molecule has 25 heavy (non-hydrogen) atoms. The van der Waals surface area contributed by atoms with Crippen LogP contribution in [0, 0.1) is 17.2 Å². The zero-order chi connectivity index (χ0) is 18.2. The van der Waals surface area contributed by atoms with E-state index < -0.39 is 0 Å². The molecule has 130 valence electrons. The highest BCUT2D eigenvalue weighted by molar-refractivity contribution is 8.00. The number of carbonyl (C=O) groups excluding carboxylic acids is 1. The minimum absolute atomic E-state index is 0.0985. The normalized spacial score (nSPS) is 11.8. The van der Waals surface area contributed by atoms with Crippen LogP contribution in [0.3, 0.4) is 0 Å². The van der Waals surface area contributed by atoms with E-state index >= 15 is 0 Å². The third kappa shape index (κ3) is 5.57. The molecule has 0 aliphatic heterocycles. The molecule has 1 amide bonds. The van der Waals surface area contributed by atoms with Crippen LogP contribution in [0.1, 0.15) is 38.4 Å². The summed E-state index contributed by atoms with van der Waals surface area (Å²) < 4.78 is 0. The van der Waals surface area contributed by atoms with Crippen LogP contribution in [0.2, 0.25) is 0 Å². The molecule has 2 rings (SSSR count). The van der Waals surface area contributed by atoms with Gasteiger partial charge in [0.1, 0.15) is 11.1 Å². The molecule has 0 radical (unpaired) electrons. The fourth-order valence-corrected chi connectivity index (χ4v) is 3.31. The molecule has 0 saturated heterocycles. The Kier molecular flexibility index (Phi) is 6.96. The number of anilines is 1. The number of rotatable bonds is 7. The first kappa shape index (κ1) is 18.9. The summed E-state index contributed by atoms with van der Waals surface area (Å²) in [4.78, 5) is 21.1. The Balaban J connectivity index is 2.17. The van der Waals surface area contributed by atoms with Crippen molar-refractivity contribution in [2.24, 2.45) is 5.92 Å².